The van der Waals surface area contributed by atoms with Crippen LogP contribution >= 0.6 is 0 Å². The van der Waals surface area contributed by atoms with Crippen LogP contribution in [0.1, 0.15) is 32.8 Å². The number of carbonyl (C=O) groups is 2. The molecule has 8 nitrogen and oxygen atoms in total. The van der Waals surface area contributed by atoms with E-state index in [4.69, 9.17) is 4.74 Å². The van der Waals surface area contributed by atoms with Crippen molar-refractivity contribution in [2.24, 2.45) is 0 Å². The van der Waals surface area contributed by atoms with Crippen LogP contribution in [0.3, 0.4) is 0 Å². The average molecular weight is 526 g/mol. The Hall–Kier alpha value is -3.59. The minimum Gasteiger partial charge on any atom is -0.497 e. The van der Waals surface area contributed by atoms with Gasteiger partial charge in [0, 0.05) is 18.0 Å². The van der Waals surface area contributed by atoms with Gasteiger partial charge in [-0.15, -0.1) is 0 Å². The van der Waals surface area contributed by atoms with Crippen LogP contribution in [0.4, 0.5) is 5.69 Å². The van der Waals surface area contributed by atoms with Gasteiger partial charge in [-0.3, -0.25) is 13.9 Å². The highest BCUT2D eigenvalue weighted by Crippen LogP contribution is 2.29. The van der Waals surface area contributed by atoms with Gasteiger partial charge in [0.2, 0.25) is 21.8 Å². The van der Waals surface area contributed by atoms with Crippen molar-refractivity contribution in [3.8, 4) is 5.75 Å². The maximum atomic E-state index is 13.8. The molecule has 198 valence electrons. The summed E-state index contributed by atoms with van der Waals surface area (Å²) in [5.74, 6) is -0.176. The van der Waals surface area contributed by atoms with E-state index in [0.717, 1.165) is 27.9 Å². The molecule has 0 radical (unpaired) electrons. The van der Waals surface area contributed by atoms with Crippen molar-refractivity contribution in [2.75, 3.05) is 24.2 Å². The number of rotatable bonds is 11. The topological polar surface area (TPSA) is 96.0 Å². The van der Waals surface area contributed by atoms with Crippen LogP contribution in [0.25, 0.3) is 10.8 Å². The largest absolute Gasteiger partial charge is 0.497 e. The number of carbonyl (C=O) groups excluding carboxylic acids is 2. The number of methoxy groups -OCH3 is 1. The fourth-order valence-electron chi connectivity index (χ4n) is 4.04. The molecule has 0 saturated heterocycles. The fourth-order valence-corrected chi connectivity index (χ4v) is 4.90. The van der Waals surface area contributed by atoms with Crippen LogP contribution in [-0.2, 0) is 26.2 Å². The minimum atomic E-state index is -3.83. The lowest BCUT2D eigenvalue weighted by atomic mass is 10.1. The van der Waals surface area contributed by atoms with E-state index in [1.165, 1.54) is 4.90 Å². The average Bonchev–Trinajstić information content (AvgIpc) is 2.88. The normalized spacial score (nSPS) is 13.0. The molecule has 0 heterocycles. The van der Waals surface area contributed by atoms with E-state index in [-0.39, 0.29) is 18.5 Å². The Morgan fingerprint density at radius 1 is 1.00 bits per heavy atom. The summed E-state index contributed by atoms with van der Waals surface area (Å²) in [7, 11) is -2.27. The zero-order valence-corrected chi connectivity index (χ0v) is 22.8. The number of anilines is 1. The van der Waals surface area contributed by atoms with Crippen molar-refractivity contribution in [3.05, 3.63) is 72.3 Å². The molecule has 0 unspecified atom stereocenters. The van der Waals surface area contributed by atoms with Crippen molar-refractivity contribution in [1.82, 2.24) is 10.2 Å². The Bertz CT molecular complexity index is 1350. The highest BCUT2D eigenvalue weighted by atomic mass is 32.2. The molecule has 0 saturated carbocycles. The molecule has 0 aliphatic heterocycles. The Morgan fingerprint density at radius 3 is 2.35 bits per heavy atom. The van der Waals surface area contributed by atoms with E-state index in [1.54, 1.807) is 44.4 Å². The molecule has 37 heavy (non-hydrogen) atoms. The van der Waals surface area contributed by atoms with E-state index < -0.39 is 28.5 Å². The van der Waals surface area contributed by atoms with Crippen molar-refractivity contribution in [3.63, 3.8) is 0 Å². The number of nitrogens with one attached hydrogen (secondary N) is 1. The Labute approximate surface area is 219 Å². The van der Waals surface area contributed by atoms with Gasteiger partial charge in [0.05, 0.1) is 19.1 Å². The number of benzene rings is 3. The number of hydrogen-bond donors (Lipinski definition) is 1. The summed E-state index contributed by atoms with van der Waals surface area (Å²) in [5.41, 5.74) is 1.17. The summed E-state index contributed by atoms with van der Waals surface area (Å²) in [6, 6.07) is 19.1. The van der Waals surface area contributed by atoms with E-state index in [0.29, 0.717) is 16.8 Å². The third kappa shape index (κ3) is 7.01. The van der Waals surface area contributed by atoms with E-state index in [2.05, 4.69) is 5.32 Å². The van der Waals surface area contributed by atoms with Crippen LogP contribution in [0, 0.1) is 0 Å². The molecule has 3 aromatic rings. The maximum absolute atomic E-state index is 13.8. The van der Waals surface area contributed by atoms with Gasteiger partial charge in [-0.25, -0.2) is 8.42 Å². The summed E-state index contributed by atoms with van der Waals surface area (Å²) < 4.78 is 32.3. The van der Waals surface area contributed by atoms with E-state index in [9.17, 15) is 18.0 Å². The van der Waals surface area contributed by atoms with Crippen molar-refractivity contribution >= 4 is 38.3 Å². The predicted octanol–water partition coefficient (Wildman–Crippen LogP) is 3.95. The second-order valence-corrected chi connectivity index (χ2v) is 11.0. The molecular formula is C28H35N3O5S. The first-order valence-corrected chi connectivity index (χ1v) is 14.1. The van der Waals surface area contributed by atoms with Gasteiger partial charge in [0.15, 0.2) is 0 Å². The second kappa shape index (κ2) is 12.1. The third-order valence-electron chi connectivity index (χ3n) is 6.37. The molecule has 0 aromatic heterocycles. The lowest BCUT2D eigenvalue weighted by molar-refractivity contribution is -0.139. The van der Waals surface area contributed by atoms with Gasteiger partial charge in [0.1, 0.15) is 18.3 Å². The van der Waals surface area contributed by atoms with Gasteiger partial charge in [-0.1, -0.05) is 55.5 Å². The Morgan fingerprint density at radius 2 is 1.68 bits per heavy atom. The Kier molecular flexibility index (Phi) is 9.15. The SMILES string of the molecule is CC[C@@H](C)NC(=O)[C@H](C)N(Cc1cccc(OC)c1)C(=O)CN(c1cccc2ccccc12)S(C)(=O)=O. The molecule has 3 aromatic carbocycles. The number of nitrogens with zero attached hydrogens (tertiary/aromatic N) is 2. The van der Waals surface area contributed by atoms with Crippen molar-refractivity contribution in [2.45, 2.75) is 45.8 Å². The standard InChI is InChI=1S/C28H35N3O5S/c1-6-20(2)29-28(33)21(3)30(18-22-11-9-14-24(17-22)36-4)27(32)19-31(37(5,34)35)26-16-10-13-23-12-7-8-15-25(23)26/h7-17,20-21H,6,18-19H2,1-5H3,(H,29,33)/t20-,21+/m1/s1. The van der Waals surface area contributed by atoms with Crippen molar-refractivity contribution < 1.29 is 22.7 Å². The number of sulfonamides is 1. The third-order valence-corrected chi connectivity index (χ3v) is 7.50. The molecule has 9 heteroatoms. The number of amides is 2. The van der Waals surface area contributed by atoms with Gasteiger partial charge in [-0.2, -0.15) is 0 Å². The zero-order chi connectivity index (χ0) is 27.2. The van der Waals surface area contributed by atoms with Gasteiger partial charge < -0.3 is 15.0 Å². The summed E-state index contributed by atoms with van der Waals surface area (Å²) in [4.78, 5) is 28.2. The summed E-state index contributed by atoms with van der Waals surface area (Å²) >= 11 is 0. The highest BCUT2D eigenvalue weighted by Gasteiger charge is 2.31. The number of hydrogen-bond acceptors (Lipinski definition) is 5. The van der Waals surface area contributed by atoms with E-state index >= 15 is 0 Å². The summed E-state index contributed by atoms with van der Waals surface area (Å²) in [6.07, 6.45) is 1.82. The molecule has 1 N–H and O–H groups in total. The highest BCUT2D eigenvalue weighted by molar-refractivity contribution is 7.92. The zero-order valence-electron chi connectivity index (χ0n) is 22.0. The van der Waals surface area contributed by atoms with Gasteiger partial charge in [-0.05, 0) is 49.4 Å². The number of ether oxygens (including phenoxy) is 1. The molecule has 0 spiro atoms. The first-order valence-electron chi connectivity index (χ1n) is 12.2. The van der Waals surface area contributed by atoms with Crippen LogP contribution in [-0.4, -0.2) is 57.1 Å². The molecule has 3 rings (SSSR count). The van der Waals surface area contributed by atoms with Crippen LogP contribution in [0.15, 0.2) is 66.7 Å². The molecule has 2 amide bonds. The van der Waals surface area contributed by atoms with Crippen molar-refractivity contribution in [1.29, 1.82) is 0 Å². The lowest BCUT2D eigenvalue weighted by Gasteiger charge is -2.32. The first-order chi connectivity index (χ1) is 17.5. The summed E-state index contributed by atoms with van der Waals surface area (Å²) in [6.45, 7) is 5.17. The molecule has 0 aliphatic carbocycles. The van der Waals surface area contributed by atoms with Crippen LogP contribution in [0.5, 0.6) is 5.75 Å². The fraction of sp³-hybridized carbons (Fsp3) is 0.357. The lowest BCUT2D eigenvalue weighted by Crippen LogP contribution is -2.52. The minimum absolute atomic E-state index is 0.0630. The quantitative estimate of drug-likeness (QED) is 0.409. The molecular weight excluding hydrogens is 490 g/mol. The van der Waals surface area contributed by atoms with Crippen LogP contribution < -0.4 is 14.4 Å². The molecule has 2 atom stereocenters. The Balaban J connectivity index is 1.99. The molecule has 0 fully saturated rings. The summed E-state index contributed by atoms with van der Waals surface area (Å²) in [5, 5.41) is 4.49. The second-order valence-electron chi connectivity index (χ2n) is 9.13. The molecule has 0 bridgehead atoms. The van der Waals surface area contributed by atoms with E-state index in [1.807, 2.05) is 50.2 Å². The number of fused-ring (bicyclic) bond motifs is 1. The monoisotopic (exact) mass is 525 g/mol. The molecule has 0 aliphatic rings. The van der Waals surface area contributed by atoms with Gasteiger partial charge in [0.25, 0.3) is 0 Å². The van der Waals surface area contributed by atoms with Gasteiger partial charge >= 0.3 is 0 Å². The predicted molar refractivity (Wildman–Crippen MR) is 147 cm³/mol. The first kappa shape index (κ1) is 28.0. The smallest absolute Gasteiger partial charge is 0.244 e. The van der Waals surface area contributed by atoms with Crippen LogP contribution in [0.2, 0.25) is 0 Å². The maximum Gasteiger partial charge on any atom is 0.244 e.